The Morgan fingerprint density at radius 2 is 1.78 bits per heavy atom. The molecule has 0 radical (unpaired) electrons. The van der Waals surface area contributed by atoms with Crippen molar-refractivity contribution in [3.63, 3.8) is 0 Å². The van der Waals surface area contributed by atoms with Gasteiger partial charge in [0.05, 0.1) is 0 Å². The van der Waals surface area contributed by atoms with Gasteiger partial charge >= 0.3 is 86.2 Å². The normalized spacial score (nSPS) is 14.0. The van der Waals surface area contributed by atoms with Gasteiger partial charge in [-0.25, -0.2) is 0 Å². The van der Waals surface area contributed by atoms with Crippen molar-refractivity contribution in [2.45, 2.75) is 0 Å². The second-order valence-corrected chi connectivity index (χ2v) is 20.0. The molecule has 52 valence electrons. The molecule has 0 aromatic heterocycles. The van der Waals surface area contributed by atoms with E-state index in [9.17, 15) is 0 Å². The SMILES string of the molecule is [3H]SS(=S)(=S)S(=S)(=S)B=S. The summed E-state index contributed by atoms with van der Waals surface area (Å²) in [5.74, 6) is 0. The van der Waals surface area contributed by atoms with Gasteiger partial charge in [-0.05, 0) is 0 Å². The third kappa shape index (κ3) is 3.41. The van der Waals surface area contributed by atoms with E-state index in [1.54, 1.807) is 0 Å². The molecule has 0 rings (SSSR count). The van der Waals surface area contributed by atoms with Crippen LogP contribution < -0.4 is 0 Å². The Labute approximate surface area is 85.1 Å². The van der Waals surface area contributed by atoms with E-state index in [1.165, 1.54) is 5.43 Å². The summed E-state index contributed by atoms with van der Waals surface area (Å²) in [6, 6.07) is -2.00. The van der Waals surface area contributed by atoms with Crippen LogP contribution in [0.15, 0.2) is 0 Å². The zero-order chi connectivity index (χ0) is 8.41. The van der Waals surface area contributed by atoms with E-state index in [2.05, 4.69) is 12.1 Å². The Kier molecular flexibility index (Phi) is 3.87. The Morgan fingerprint density at radius 3 is 1.89 bits per heavy atom. The molecule has 0 heterocycles. The van der Waals surface area contributed by atoms with Crippen molar-refractivity contribution < 1.29 is 0 Å². The molecule has 0 bridgehead atoms. The number of rotatable bonds is 3. The second kappa shape index (κ2) is 3.75. The Morgan fingerprint density at radius 1 is 1.33 bits per heavy atom. The van der Waals surface area contributed by atoms with Crippen molar-refractivity contribution in [1.82, 2.24) is 0 Å². The minimum atomic E-state index is -2.04. The zero-order valence-electron chi connectivity index (χ0n) is 4.84. The Balaban J connectivity index is 5.26. The van der Waals surface area contributed by atoms with Gasteiger partial charge in [-0.1, -0.05) is 0 Å². The molecule has 0 N–H and O–H groups in total. The monoisotopic (exact) mass is 270 g/mol. The van der Waals surface area contributed by atoms with Crippen molar-refractivity contribution in [3.8, 4) is 0 Å². The molecule has 0 saturated heterocycles. The van der Waals surface area contributed by atoms with Gasteiger partial charge in [0.2, 0.25) is 0 Å². The molecule has 0 aromatic rings. The molecule has 0 amide bonds. The summed E-state index contributed by atoms with van der Waals surface area (Å²) in [5, 5.41) is -2.04. The maximum absolute atomic E-state index is 6.93. The molecule has 0 nitrogen and oxygen atoms in total. The molecule has 0 aliphatic heterocycles. The van der Waals surface area contributed by atoms with Gasteiger partial charge in [0.15, 0.2) is 0 Å². The van der Waals surface area contributed by atoms with Crippen LogP contribution in [0, 0.1) is 0 Å². The third-order valence-electron chi connectivity index (χ3n) is 0.402. The van der Waals surface area contributed by atoms with E-state index in [4.69, 9.17) is 45.9 Å². The molecule has 0 fully saturated rings. The van der Waals surface area contributed by atoms with Gasteiger partial charge in [0.25, 0.3) is 0 Å². The number of thiol groups is 1. The van der Waals surface area contributed by atoms with Crippen LogP contribution in [-0.4, -0.2) is 6.56 Å². The third-order valence-corrected chi connectivity index (χ3v) is 19.9. The molecule has 0 aromatic carbocycles. The average Bonchev–Trinajstić information content (AvgIpc) is 1.88. The molecular weight excluding hydrogens is 267 g/mol. The topological polar surface area (TPSA) is 0 Å². The molecule has 0 aliphatic rings. The summed E-state index contributed by atoms with van der Waals surface area (Å²) in [7, 11) is 0. The van der Waals surface area contributed by atoms with Gasteiger partial charge in [-0.15, -0.1) is 0 Å². The summed E-state index contributed by atoms with van der Waals surface area (Å²) in [4.78, 5) is 0. The minimum absolute atomic E-state index is 0.652. The number of hydrogen-bond donors (Lipinski definition) is 1. The molecule has 9 heteroatoms. The van der Waals surface area contributed by atoms with E-state index in [1.807, 2.05) is 0 Å². The molecule has 0 aliphatic carbocycles. The van der Waals surface area contributed by atoms with Crippen LogP contribution in [0.5, 0.6) is 0 Å². The van der Waals surface area contributed by atoms with Crippen LogP contribution in [-0.2, 0) is 56.0 Å². The van der Waals surface area contributed by atoms with E-state index < -0.39 is 11.2 Å². The van der Waals surface area contributed by atoms with E-state index in [-0.39, 0.29) is 0 Å². The fraction of sp³-hybridized carbons (Fsp3) is 0. The standard InChI is InChI=1S/BHS8/c2-1-8(3,4)9(5,6)7/h(H,5,6,7)/i/hT. The number of hydrogen-bond acceptors (Lipinski definition) is 6. The van der Waals surface area contributed by atoms with Crippen molar-refractivity contribution in [1.29, 1.82) is 1.12 Å². The van der Waals surface area contributed by atoms with E-state index in [0.717, 1.165) is 0 Å². The quantitative estimate of drug-likeness (QED) is 0.452. The first kappa shape index (κ1) is 9.30. The fourth-order valence-corrected chi connectivity index (χ4v) is 3.90. The van der Waals surface area contributed by atoms with Crippen LogP contribution in [0.3, 0.4) is 0 Å². The first-order valence-electron chi connectivity index (χ1n) is 1.88. The summed E-state index contributed by atoms with van der Waals surface area (Å²) in [5.41, 5.74) is 1.29. The first-order chi connectivity index (χ1) is 4.37. The molecule has 9 heavy (non-hydrogen) atoms. The molecular formula is HBS8. The Bertz CT molecular complexity index is 301. The summed E-state index contributed by atoms with van der Waals surface area (Å²) >= 11 is 24.8. The van der Waals surface area contributed by atoms with Crippen molar-refractivity contribution in [2.24, 2.45) is 0 Å². The summed E-state index contributed by atoms with van der Waals surface area (Å²) in [6.45, 7) is 0. The van der Waals surface area contributed by atoms with Crippen LogP contribution in [0.2, 0.25) is 0 Å². The van der Waals surface area contributed by atoms with Gasteiger partial charge in [0.1, 0.15) is 0 Å². The van der Waals surface area contributed by atoms with Crippen LogP contribution in [0.4, 0.5) is 0 Å². The molecule has 0 atom stereocenters. The molecule has 0 spiro atoms. The zero-order valence-corrected chi connectivity index (χ0v) is 10.4. The van der Waals surface area contributed by atoms with Crippen molar-refractivity contribution in [2.75, 3.05) is 0 Å². The van der Waals surface area contributed by atoms with E-state index >= 15 is 0 Å². The van der Waals surface area contributed by atoms with Gasteiger partial charge in [-0.2, -0.15) is 0 Å². The van der Waals surface area contributed by atoms with Gasteiger partial charge < -0.3 is 0 Å². The van der Waals surface area contributed by atoms with Crippen LogP contribution >= 0.6 is 23.6 Å². The van der Waals surface area contributed by atoms with Crippen molar-refractivity contribution in [3.05, 3.63) is 0 Å². The first-order valence-corrected chi connectivity index (χ1v) is 10.4. The summed E-state index contributed by atoms with van der Waals surface area (Å²) < 4.78 is 6.93. The van der Waals surface area contributed by atoms with Gasteiger partial charge in [0, 0.05) is 0 Å². The maximum atomic E-state index is 6.93. The molecule has 0 saturated carbocycles. The van der Waals surface area contributed by atoms with Crippen molar-refractivity contribution >= 4 is 85.0 Å². The van der Waals surface area contributed by atoms with Gasteiger partial charge in [-0.3, -0.25) is 0 Å². The summed E-state index contributed by atoms with van der Waals surface area (Å²) in [6.07, 6.45) is 0. The second-order valence-electron chi connectivity index (χ2n) is 0.997. The predicted octanol–water partition coefficient (Wildman–Crippen LogP) is 0.633. The fourth-order valence-electron chi connectivity index (χ4n) is 0.0481. The van der Waals surface area contributed by atoms with E-state index in [0.29, 0.717) is 11.6 Å². The van der Waals surface area contributed by atoms with Crippen LogP contribution in [0.25, 0.3) is 0 Å². The average molecular weight is 270 g/mol. The molecule has 0 unspecified atom stereocenters. The van der Waals surface area contributed by atoms with Crippen LogP contribution in [0.1, 0.15) is 0 Å². The Hall–Kier alpha value is 2.21. The predicted molar refractivity (Wildman–Crippen MR) is 66.5 cm³/mol.